The molecular weight excluding hydrogens is 166 g/mol. The summed E-state index contributed by atoms with van der Waals surface area (Å²) in [6, 6.07) is 1.71. The molecule has 0 fully saturated rings. The zero-order chi connectivity index (χ0) is 9.68. The highest BCUT2D eigenvalue weighted by Crippen LogP contribution is 2.07. The van der Waals surface area contributed by atoms with Crippen molar-refractivity contribution in [2.75, 3.05) is 12.3 Å². The van der Waals surface area contributed by atoms with Crippen molar-refractivity contribution >= 4 is 5.95 Å². The first-order valence-electron chi connectivity index (χ1n) is 4.40. The van der Waals surface area contributed by atoms with E-state index in [4.69, 9.17) is 10.5 Å². The fraction of sp³-hybridized carbons (Fsp3) is 0.556. The van der Waals surface area contributed by atoms with Crippen molar-refractivity contribution in [3.63, 3.8) is 0 Å². The lowest BCUT2D eigenvalue weighted by molar-refractivity contribution is 0.279. The normalized spacial score (nSPS) is 10.4. The molecule has 1 rings (SSSR count). The van der Waals surface area contributed by atoms with Crippen LogP contribution in [0.5, 0.6) is 5.88 Å². The first kappa shape index (κ1) is 9.77. The zero-order valence-corrected chi connectivity index (χ0v) is 8.03. The number of rotatable bonds is 4. The first-order chi connectivity index (χ1) is 6.18. The minimum absolute atomic E-state index is 0.252. The van der Waals surface area contributed by atoms with Crippen molar-refractivity contribution in [1.82, 2.24) is 9.97 Å². The number of aromatic nitrogens is 2. The number of anilines is 1. The van der Waals surface area contributed by atoms with Gasteiger partial charge in [0.15, 0.2) is 0 Å². The zero-order valence-electron chi connectivity index (χ0n) is 8.03. The van der Waals surface area contributed by atoms with Crippen LogP contribution in [-0.2, 0) is 0 Å². The summed E-state index contributed by atoms with van der Waals surface area (Å²) in [4.78, 5) is 7.68. The third kappa shape index (κ3) is 3.73. The molecule has 4 nitrogen and oxygen atoms in total. The average molecular weight is 181 g/mol. The maximum absolute atomic E-state index is 5.39. The molecule has 1 aromatic rings. The summed E-state index contributed by atoms with van der Waals surface area (Å²) >= 11 is 0. The van der Waals surface area contributed by atoms with Crippen LogP contribution in [0.15, 0.2) is 12.3 Å². The van der Waals surface area contributed by atoms with Gasteiger partial charge in [0.1, 0.15) is 0 Å². The van der Waals surface area contributed by atoms with Gasteiger partial charge in [-0.05, 0) is 12.3 Å². The Labute approximate surface area is 78.1 Å². The second-order valence-corrected chi connectivity index (χ2v) is 3.28. The molecule has 0 bridgehead atoms. The summed E-state index contributed by atoms with van der Waals surface area (Å²) in [6.07, 6.45) is 2.61. The number of nitrogens with zero attached hydrogens (tertiary/aromatic N) is 2. The number of nitrogens with two attached hydrogens (primary N) is 1. The minimum Gasteiger partial charge on any atom is -0.478 e. The third-order valence-corrected chi connectivity index (χ3v) is 1.59. The van der Waals surface area contributed by atoms with Crippen LogP contribution in [0.25, 0.3) is 0 Å². The van der Waals surface area contributed by atoms with Crippen LogP contribution in [0, 0.1) is 5.92 Å². The van der Waals surface area contributed by atoms with Crippen LogP contribution in [-0.4, -0.2) is 16.6 Å². The van der Waals surface area contributed by atoms with E-state index in [2.05, 4.69) is 23.8 Å². The minimum atomic E-state index is 0.252. The summed E-state index contributed by atoms with van der Waals surface area (Å²) < 4.78 is 5.37. The topological polar surface area (TPSA) is 61.0 Å². The van der Waals surface area contributed by atoms with E-state index in [1.807, 2.05) is 0 Å². The van der Waals surface area contributed by atoms with E-state index in [-0.39, 0.29) is 5.95 Å². The highest BCUT2D eigenvalue weighted by molar-refractivity contribution is 5.20. The van der Waals surface area contributed by atoms with E-state index in [0.29, 0.717) is 18.4 Å². The smallest absolute Gasteiger partial charge is 0.223 e. The Bertz CT molecular complexity index is 263. The molecule has 1 aromatic heterocycles. The molecule has 2 N–H and O–H groups in total. The van der Waals surface area contributed by atoms with Gasteiger partial charge in [0.05, 0.1) is 6.61 Å². The van der Waals surface area contributed by atoms with Gasteiger partial charge in [0, 0.05) is 12.3 Å². The van der Waals surface area contributed by atoms with Crippen LogP contribution in [0.3, 0.4) is 0 Å². The van der Waals surface area contributed by atoms with E-state index >= 15 is 0 Å². The Kier molecular flexibility index (Phi) is 3.49. The molecule has 1 heterocycles. The van der Waals surface area contributed by atoms with Gasteiger partial charge in [-0.1, -0.05) is 13.8 Å². The number of ether oxygens (including phenoxy) is 1. The molecule has 0 spiro atoms. The van der Waals surface area contributed by atoms with E-state index < -0.39 is 0 Å². The SMILES string of the molecule is CC(C)CCOc1ccnc(N)n1. The standard InChI is InChI=1S/C9H15N3O/c1-7(2)4-6-13-8-3-5-11-9(10)12-8/h3,5,7H,4,6H2,1-2H3,(H2,10,11,12). The predicted molar refractivity (Wildman–Crippen MR) is 51.4 cm³/mol. The summed E-state index contributed by atoms with van der Waals surface area (Å²) in [6.45, 7) is 4.98. The van der Waals surface area contributed by atoms with Gasteiger partial charge in [0.2, 0.25) is 11.8 Å². The fourth-order valence-electron chi connectivity index (χ4n) is 0.836. The van der Waals surface area contributed by atoms with Crippen LogP contribution >= 0.6 is 0 Å². The molecule has 0 aliphatic carbocycles. The molecule has 0 atom stereocenters. The lowest BCUT2D eigenvalue weighted by Gasteiger charge is -2.06. The molecule has 0 unspecified atom stereocenters. The van der Waals surface area contributed by atoms with Gasteiger partial charge in [-0.25, -0.2) is 4.98 Å². The maximum Gasteiger partial charge on any atom is 0.223 e. The molecule has 0 radical (unpaired) electrons. The Morgan fingerprint density at radius 1 is 1.54 bits per heavy atom. The van der Waals surface area contributed by atoms with Crippen molar-refractivity contribution in [1.29, 1.82) is 0 Å². The summed E-state index contributed by atoms with van der Waals surface area (Å²) in [5, 5.41) is 0. The lowest BCUT2D eigenvalue weighted by Crippen LogP contribution is -2.04. The molecule has 72 valence electrons. The van der Waals surface area contributed by atoms with E-state index in [1.54, 1.807) is 12.3 Å². The third-order valence-electron chi connectivity index (χ3n) is 1.59. The van der Waals surface area contributed by atoms with Gasteiger partial charge < -0.3 is 10.5 Å². The Morgan fingerprint density at radius 3 is 2.92 bits per heavy atom. The number of nitrogen functional groups attached to an aromatic ring is 1. The predicted octanol–water partition coefficient (Wildman–Crippen LogP) is 1.48. The monoisotopic (exact) mass is 181 g/mol. The lowest BCUT2D eigenvalue weighted by atomic mass is 10.1. The van der Waals surface area contributed by atoms with Gasteiger partial charge in [0.25, 0.3) is 0 Å². The second-order valence-electron chi connectivity index (χ2n) is 3.28. The molecule has 0 aliphatic heterocycles. The van der Waals surface area contributed by atoms with Crippen LogP contribution in [0.2, 0.25) is 0 Å². The molecule has 4 heteroatoms. The molecule has 0 saturated carbocycles. The Morgan fingerprint density at radius 2 is 2.31 bits per heavy atom. The van der Waals surface area contributed by atoms with E-state index in [1.165, 1.54) is 0 Å². The van der Waals surface area contributed by atoms with Crippen LogP contribution in [0.4, 0.5) is 5.95 Å². The van der Waals surface area contributed by atoms with Crippen molar-refractivity contribution in [3.8, 4) is 5.88 Å². The van der Waals surface area contributed by atoms with E-state index in [0.717, 1.165) is 6.42 Å². The summed E-state index contributed by atoms with van der Waals surface area (Å²) in [7, 11) is 0. The van der Waals surface area contributed by atoms with Gasteiger partial charge in [-0.3, -0.25) is 0 Å². The van der Waals surface area contributed by atoms with Gasteiger partial charge in [-0.15, -0.1) is 0 Å². The fourth-order valence-corrected chi connectivity index (χ4v) is 0.836. The Balaban J connectivity index is 2.37. The van der Waals surface area contributed by atoms with Crippen molar-refractivity contribution in [2.45, 2.75) is 20.3 Å². The summed E-state index contributed by atoms with van der Waals surface area (Å²) in [5.74, 6) is 1.44. The molecular formula is C9H15N3O. The van der Waals surface area contributed by atoms with Crippen molar-refractivity contribution in [3.05, 3.63) is 12.3 Å². The second kappa shape index (κ2) is 4.64. The van der Waals surface area contributed by atoms with E-state index in [9.17, 15) is 0 Å². The molecule has 0 aromatic carbocycles. The highest BCUT2D eigenvalue weighted by Gasteiger charge is 1.98. The van der Waals surface area contributed by atoms with Crippen molar-refractivity contribution < 1.29 is 4.74 Å². The van der Waals surface area contributed by atoms with Gasteiger partial charge >= 0.3 is 0 Å². The number of hydrogen-bond donors (Lipinski definition) is 1. The van der Waals surface area contributed by atoms with Crippen LogP contribution in [0.1, 0.15) is 20.3 Å². The summed E-state index contributed by atoms with van der Waals surface area (Å²) in [5.41, 5.74) is 5.39. The molecule has 0 saturated heterocycles. The largest absolute Gasteiger partial charge is 0.478 e. The Hall–Kier alpha value is -1.32. The maximum atomic E-state index is 5.39. The first-order valence-corrected chi connectivity index (χ1v) is 4.40. The van der Waals surface area contributed by atoms with Crippen molar-refractivity contribution in [2.24, 2.45) is 5.92 Å². The number of hydrogen-bond acceptors (Lipinski definition) is 4. The molecule has 13 heavy (non-hydrogen) atoms. The molecule has 0 aliphatic rings. The van der Waals surface area contributed by atoms with Gasteiger partial charge in [-0.2, -0.15) is 4.98 Å². The highest BCUT2D eigenvalue weighted by atomic mass is 16.5. The average Bonchev–Trinajstić information content (AvgIpc) is 2.03. The van der Waals surface area contributed by atoms with Crippen LogP contribution < -0.4 is 10.5 Å². The molecule has 0 amide bonds. The quantitative estimate of drug-likeness (QED) is 0.764.